The summed E-state index contributed by atoms with van der Waals surface area (Å²) in [5, 5.41) is 14.8. The molecule has 0 fully saturated rings. The molecule has 0 aromatic heterocycles. The zero-order valence-electron chi connectivity index (χ0n) is 11.8. The van der Waals surface area contributed by atoms with Gasteiger partial charge in [-0.15, -0.1) is 0 Å². The van der Waals surface area contributed by atoms with Crippen LogP contribution in [0.1, 0.15) is 38.3 Å². The van der Waals surface area contributed by atoms with Gasteiger partial charge >= 0.3 is 0 Å². The fourth-order valence-corrected chi connectivity index (χ4v) is 1.58. The molecule has 0 aliphatic carbocycles. The first-order valence-corrected chi connectivity index (χ1v) is 6.47. The Bertz CT molecular complexity index is 475. The molecule has 19 heavy (non-hydrogen) atoms. The van der Waals surface area contributed by atoms with Gasteiger partial charge in [0.15, 0.2) is 0 Å². The molecule has 0 aliphatic rings. The molecule has 4 heteroatoms. The highest BCUT2D eigenvalue weighted by Gasteiger charge is 2.16. The van der Waals surface area contributed by atoms with Gasteiger partial charge in [-0.05, 0) is 38.0 Å². The molecule has 0 atom stereocenters. The summed E-state index contributed by atoms with van der Waals surface area (Å²) in [6, 6.07) is 9.46. The largest absolute Gasteiger partial charge is 0.350 e. The molecular formula is C15H21N3O. The van der Waals surface area contributed by atoms with Crippen LogP contribution < -0.4 is 10.6 Å². The van der Waals surface area contributed by atoms with E-state index in [4.69, 9.17) is 5.26 Å². The minimum atomic E-state index is -0.167. The van der Waals surface area contributed by atoms with Crippen LogP contribution in [-0.4, -0.2) is 18.0 Å². The van der Waals surface area contributed by atoms with Crippen molar-refractivity contribution in [2.75, 3.05) is 6.54 Å². The van der Waals surface area contributed by atoms with Crippen LogP contribution in [0.3, 0.4) is 0 Å². The predicted molar refractivity (Wildman–Crippen MR) is 75.4 cm³/mol. The Hall–Kier alpha value is -1.86. The van der Waals surface area contributed by atoms with E-state index in [0.29, 0.717) is 12.1 Å². The number of benzene rings is 1. The Balaban J connectivity index is 2.38. The fourth-order valence-electron chi connectivity index (χ4n) is 1.58. The van der Waals surface area contributed by atoms with Crippen molar-refractivity contribution in [3.63, 3.8) is 0 Å². The van der Waals surface area contributed by atoms with Gasteiger partial charge in [-0.2, -0.15) is 5.26 Å². The van der Waals surface area contributed by atoms with E-state index in [1.54, 1.807) is 6.07 Å². The Labute approximate surface area is 114 Å². The second-order valence-corrected chi connectivity index (χ2v) is 5.20. The van der Waals surface area contributed by atoms with Gasteiger partial charge in [-0.1, -0.05) is 19.1 Å². The molecule has 0 bridgehead atoms. The fraction of sp³-hybridized carbons (Fsp3) is 0.467. The van der Waals surface area contributed by atoms with Crippen molar-refractivity contribution in [1.29, 1.82) is 5.26 Å². The molecule has 0 heterocycles. The van der Waals surface area contributed by atoms with Crippen LogP contribution in [0.5, 0.6) is 0 Å². The summed E-state index contributed by atoms with van der Waals surface area (Å²) in [7, 11) is 0. The van der Waals surface area contributed by atoms with Gasteiger partial charge in [-0.25, -0.2) is 0 Å². The van der Waals surface area contributed by atoms with Crippen molar-refractivity contribution in [2.45, 2.75) is 39.3 Å². The average Bonchev–Trinajstić information content (AvgIpc) is 2.38. The molecule has 0 unspecified atom stereocenters. The van der Waals surface area contributed by atoms with Crippen molar-refractivity contribution < 1.29 is 4.79 Å². The van der Waals surface area contributed by atoms with Crippen molar-refractivity contribution in [2.24, 2.45) is 0 Å². The lowest BCUT2D eigenvalue weighted by Gasteiger charge is -2.24. The molecule has 102 valence electrons. The number of hydrogen-bond donors (Lipinski definition) is 2. The predicted octanol–water partition coefficient (Wildman–Crippen LogP) is 1.95. The first kappa shape index (κ1) is 15.2. The standard InChI is InChI=1S/C15H21N3O/c1-4-15(2,3)18-14(19)11-17-10-13-7-5-6-12(8-13)9-16/h5-8,17H,4,10-11H2,1-3H3,(H,18,19). The molecule has 2 N–H and O–H groups in total. The highest BCUT2D eigenvalue weighted by atomic mass is 16.2. The quantitative estimate of drug-likeness (QED) is 0.820. The van der Waals surface area contributed by atoms with Crippen LogP contribution >= 0.6 is 0 Å². The van der Waals surface area contributed by atoms with Gasteiger partial charge in [0.2, 0.25) is 5.91 Å². The van der Waals surface area contributed by atoms with Gasteiger partial charge in [0.05, 0.1) is 18.2 Å². The number of nitrogens with zero attached hydrogens (tertiary/aromatic N) is 1. The molecule has 0 aliphatic heterocycles. The molecular weight excluding hydrogens is 238 g/mol. The number of nitriles is 1. The van der Waals surface area contributed by atoms with Crippen LogP contribution in [0.15, 0.2) is 24.3 Å². The van der Waals surface area contributed by atoms with Crippen LogP contribution in [0, 0.1) is 11.3 Å². The SMILES string of the molecule is CCC(C)(C)NC(=O)CNCc1cccc(C#N)c1. The average molecular weight is 259 g/mol. The van der Waals surface area contributed by atoms with Crippen LogP contribution in [0.2, 0.25) is 0 Å². The first-order valence-electron chi connectivity index (χ1n) is 6.47. The Morgan fingerprint density at radius 1 is 1.42 bits per heavy atom. The van der Waals surface area contributed by atoms with E-state index >= 15 is 0 Å². The number of amides is 1. The lowest BCUT2D eigenvalue weighted by Crippen LogP contribution is -2.46. The maximum Gasteiger partial charge on any atom is 0.234 e. The molecule has 1 amide bonds. The molecule has 1 aromatic rings. The van der Waals surface area contributed by atoms with E-state index in [-0.39, 0.29) is 18.0 Å². The van der Waals surface area contributed by atoms with Gasteiger partial charge in [0.1, 0.15) is 0 Å². The third-order valence-electron chi connectivity index (χ3n) is 3.03. The molecule has 0 saturated carbocycles. The number of carbonyl (C=O) groups is 1. The van der Waals surface area contributed by atoms with E-state index in [1.807, 2.05) is 39.0 Å². The van der Waals surface area contributed by atoms with E-state index < -0.39 is 0 Å². The van der Waals surface area contributed by atoms with E-state index in [1.165, 1.54) is 0 Å². The Morgan fingerprint density at radius 2 is 2.16 bits per heavy atom. The monoisotopic (exact) mass is 259 g/mol. The van der Waals surface area contributed by atoms with Crippen molar-refractivity contribution >= 4 is 5.91 Å². The molecule has 4 nitrogen and oxygen atoms in total. The smallest absolute Gasteiger partial charge is 0.234 e. The minimum Gasteiger partial charge on any atom is -0.350 e. The maximum atomic E-state index is 11.7. The van der Waals surface area contributed by atoms with Crippen molar-refractivity contribution in [1.82, 2.24) is 10.6 Å². The number of carbonyl (C=O) groups excluding carboxylic acids is 1. The molecule has 0 radical (unpaired) electrons. The summed E-state index contributed by atoms with van der Waals surface area (Å²) in [6.45, 7) is 6.90. The third-order valence-corrected chi connectivity index (χ3v) is 3.03. The zero-order chi connectivity index (χ0) is 14.3. The Morgan fingerprint density at radius 3 is 2.79 bits per heavy atom. The van der Waals surface area contributed by atoms with E-state index in [0.717, 1.165) is 12.0 Å². The highest BCUT2D eigenvalue weighted by Crippen LogP contribution is 2.06. The summed E-state index contributed by atoms with van der Waals surface area (Å²) >= 11 is 0. The molecule has 1 aromatic carbocycles. The summed E-state index contributed by atoms with van der Waals surface area (Å²) < 4.78 is 0. The van der Waals surface area contributed by atoms with Crippen molar-refractivity contribution in [3.05, 3.63) is 35.4 Å². The van der Waals surface area contributed by atoms with Crippen molar-refractivity contribution in [3.8, 4) is 6.07 Å². The molecule has 0 saturated heterocycles. The van der Waals surface area contributed by atoms with Crippen LogP contribution in [-0.2, 0) is 11.3 Å². The second kappa shape index (κ2) is 6.91. The summed E-state index contributed by atoms with van der Waals surface area (Å²) in [4.78, 5) is 11.7. The Kier molecular flexibility index (Phi) is 5.53. The van der Waals surface area contributed by atoms with Gasteiger partial charge < -0.3 is 10.6 Å². The van der Waals surface area contributed by atoms with Crippen LogP contribution in [0.4, 0.5) is 0 Å². The molecule has 0 spiro atoms. The second-order valence-electron chi connectivity index (χ2n) is 5.20. The van der Waals surface area contributed by atoms with E-state index in [2.05, 4.69) is 16.7 Å². The lowest BCUT2D eigenvalue weighted by molar-refractivity contribution is -0.121. The first-order chi connectivity index (χ1) is 8.96. The number of hydrogen-bond acceptors (Lipinski definition) is 3. The lowest BCUT2D eigenvalue weighted by atomic mass is 10.0. The number of nitrogens with one attached hydrogen (secondary N) is 2. The van der Waals surface area contributed by atoms with Gasteiger partial charge in [0.25, 0.3) is 0 Å². The molecule has 1 rings (SSSR count). The number of rotatable bonds is 6. The normalized spacial score (nSPS) is 10.8. The minimum absolute atomic E-state index is 0.0108. The highest BCUT2D eigenvalue weighted by molar-refractivity contribution is 5.78. The summed E-state index contributed by atoms with van der Waals surface area (Å²) in [6.07, 6.45) is 0.892. The van der Waals surface area contributed by atoms with Gasteiger partial charge in [0, 0.05) is 12.1 Å². The van der Waals surface area contributed by atoms with Crippen LogP contribution in [0.25, 0.3) is 0 Å². The summed E-state index contributed by atoms with van der Waals surface area (Å²) in [5.74, 6) is -0.0108. The van der Waals surface area contributed by atoms with E-state index in [9.17, 15) is 4.79 Å². The maximum absolute atomic E-state index is 11.7. The summed E-state index contributed by atoms with van der Waals surface area (Å²) in [5.41, 5.74) is 1.47. The third kappa shape index (κ3) is 5.54. The van der Waals surface area contributed by atoms with Gasteiger partial charge in [-0.3, -0.25) is 4.79 Å². The topological polar surface area (TPSA) is 64.9 Å². The zero-order valence-corrected chi connectivity index (χ0v) is 11.8.